The van der Waals surface area contributed by atoms with Crippen LogP contribution < -0.4 is 0 Å². The molecule has 0 saturated heterocycles. The van der Waals surface area contributed by atoms with Gasteiger partial charge in [0.15, 0.2) is 17.5 Å². The lowest BCUT2D eigenvalue weighted by Crippen LogP contribution is -2.16. The zero-order valence-electron chi connectivity index (χ0n) is 28.8. The van der Waals surface area contributed by atoms with Crippen LogP contribution in [0.25, 0.3) is 89.5 Å². The molecule has 52 heavy (non-hydrogen) atoms. The molecule has 0 radical (unpaired) electrons. The van der Waals surface area contributed by atoms with Gasteiger partial charge in [-0.05, 0) is 80.9 Å². The average molecular weight is 668 g/mol. The lowest BCUT2D eigenvalue weighted by atomic mass is 9.79. The van der Waals surface area contributed by atoms with E-state index < -0.39 is 0 Å². The molecule has 10 rings (SSSR count). The largest absolute Gasteiger partial charge is 0.456 e. The van der Waals surface area contributed by atoms with Crippen LogP contribution in [0.3, 0.4) is 0 Å². The van der Waals surface area contributed by atoms with E-state index in [0.29, 0.717) is 17.5 Å². The molecular weight excluding hydrogens is 635 g/mol. The van der Waals surface area contributed by atoms with Crippen molar-refractivity contribution in [3.8, 4) is 67.5 Å². The summed E-state index contributed by atoms with van der Waals surface area (Å²) in [6.45, 7) is 4.66. The first kappa shape index (κ1) is 30.2. The lowest BCUT2D eigenvalue weighted by Gasteiger charge is -2.24. The van der Waals surface area contributed by atoms with Crippen LogP contribution in [0.5, 0.6) is 0 Å². The van der Waals surface area contributed by atoms with Crippen molar-refractivity contribution >= 4 is 21.9 Å². The molecule has 246 valence electrons. The van der Waals surface area contributed by atoms with E-state index in [9.17, 15) is 0 Å². The summed E-state index contributed by atoms with van der Waals surface area (Å²) >= 11 is 0. The maximum Gasteiger partial charge on any atom is 0.164 e. The van der Waals surface area contributed by atoms with Crippen LogP contribution in [0.4, 0.5) is 0 Å². The number of benzene rings is 7. The highest BCUT2D eigenvalue weighted by Gasteiger charge is 2.37. The number of hydrogen-bond acceptors (Lipinski definition) is 4. The maximum atomic E-state index is 6.53. The molecule has 0 atom stereocenters. The molecule has 0 unspecified atom stereocenters. The lowest BCUT2D eigenvalue weighted by molar-refractivity contribution is 0.661. The van der Waals surface area contributed by atoms with E-state index in [1.165, 1.54) is 27.8 Å². The Morgan fingerprint density at radius 2 is 0.962 bits per heavy atom. The van der Waals surface area contributed by atoms with E-state index in [2.05, 4.69) is 129 Å². The van der Waals surface area contributed by atoms with Gasteiger partial charge >= 0.3 is 0 Å². The zero-order valence-corrected chi connectivity index (χ0v) is 28.8. The predicted molar refractivity (Wildman–Crippen MR) is 212 cm³/mol. The van der Waals surface area contributed by atoms with Gasteiger partial charge in [-0.1, -0.05) is 141 Å². The number of rotatable bonds is 5. The Morgan fingerprint density at radius 1 is 0.385 bits per heavy atom. The normalized spacial score (nSPS) is 13.0. The van der Waals surface area contributed by atoms with E-state index in [1.54, 1.807) is 0 Å². The maximum absolute atomic E-state index is 6.53. The van der Waals surface area contributed by atoms with Crippen LogP contribution in [-0.2, 0) is 5.41 Å². The van der Waals surface area contributed by atoms with Crippen molar-refractivity contribution in [3.05, 3.63) is 175 Å². The minimum absolute atomic E-state index is 0.106. The molecule has 0 bridgehead atoms. The Morgan fingerprint density at radius 3 is 1.75 bits per heavy atom. The molecule has 2 aromatic heterocycles. The average Bonchev–Trinajstić information content (AvgIpc) is 3.69. The van der Waals surface area contributed by atoms with Crippen molar-refractivity contribution in [3.63, 3.8) is 0 Å². The second-order valence-electron chi connectivity index (χ2n) is 14.0. The third kappa shape index (κ3) is 4.87. The van der Waals surface area contributed by atoms with Gasteiger partial charge in [-0.3, -0.25) is 0 Å². The van der Waals surface area contributed by atoms with Crippen molar-refractivity contribution in [1.29, 1.82) is 0 Å². The number of nitrogens with zero attached hydrogens (tertiary/aromatic N) is 3. The number of fused-ring (bicyclic) bond motifs is 6. The van der Waals surface area contributed by atoms with Crippen LogP contribution in [0, 0.1) is 0 Å². The van der Waals surface area contributed by atoms with Gasteiger partial charge in [0.1, 0.15) is 11.2 Å². The molecule has 0 N–H and O–H groups in total. The minimum Gasteiger partial charge on any atom is -0.456 e. The summed E-state index contributed by atoms with van der Waals surface area (Å²) in [7, 11) is 0. The summed E-state index contributed by atoms with van der Waals surface area (Å²) in [5.74, 6) is 1.88. The van der Waals surface area contributed by atoms with Gasteiger partial charge in [0.25, 0.3) is 0 Å². The summed E-state index contributed by atoms with van der Waals surface area (Å²) in [4.78, 5) is 15.1. The quantitative estimate of drug-likeness (QED) is 0.183. The highest BCUT2D eigenvalue weighted by Crippen LogP contribution is 2.52. The third-order valence-electron chi connectivity index (χ3n) is 10.5. The van der Waals surface area contributed by atoms with Crippen LogP contribution in [0.2, 0.25) is 0 Å². The zero-order chi connectivity index (χ0) is 34.8. The minimum atomic E-state index is -0.106. The van der Waals surface area contributed by atoms with Crippen molar-refractivity contribution in [2.75, 3.05) is 0 Å². The Bertz CT molecular complexity index is 2820. The van der Waals surface area contributed by atoms with Gasteiger partial charge in [0.2, 0.25) is 0 Å². The first-order valence-electron chi connectivity index (χ1n) is 17.7. The molecule has 1 aliphatic rings. The number of aromatic nitrogens is 3. The molecular formula is C48H33N3O. The topological polar surface area (TPSA) is 51.8 Å². The van der Waals surface area contributed by atoms with Crippen molar-refractivity contribution in [1.82, 2.24) is 15.0 Å². The Balaban J connectivity index is 1.08. The first-order valence-corrected chi connectivity index (χ1v) is 17.7. The van der Waals surface area contributed by atoms with Crippen LogP contribution >= 0.6 is 0 Å². The molecule has 0 amide bonds. The van der Waals surface area contributed by atoms with E-state index >= 15 is 0 Å². The smallest absolute Gasteiger partial charge is 0.164 e. The molecule has 0 saturated carbocycles. The summed E-state index contributed by atoms with van der Waals surface area (Å²) in [5, 5.41) is 2.09. The fourth-order valence-electron chi connectivity index (χ4n) is 7.99. The second kappa shape index (κ2) is 11.7. The summed E-state index contributed by atoms with van der Waals surface area (Å²) in [6, 6.07) is 57.2. The highest BCUT2D eigenvalue weighted by molar-refractivity contribution is 6.07. The molecule has 4 nitrogen and oxygen atoms in total. The summed E-state index contributed by atoms with van der Waals surface area (Å²) in [6.07, 6.45) is 0. The molecule has 2 heterocycles. The van der Waals surface area contributed by atoms with E-state index in [-0.39, 0.29) is 5.41 Å². The first-order chi connectivity index (χ1) is 25.5. The Kier molecular flexibility index (Phi) is 6.80. The van der Waals surface area contributed by atoms with Gasteiger partial charge in [-0.2, -0.15) is 0 Å². The van der Waals surface area contributed by atoms with Gasteiger partial charge in [-0.25, -0.2) is 15.0 Å². The SMILES string of the molecule is CC1(C)c2ccccc2-c2cccc(-c3ccc4c(c3)oc3ccc(-c5nc(-c6ccccc6)nc(-c6cccc(-c7ccccc7)c6)n5)cc34)c21. The Labute approximate surface area is 302 Å². The third-order valence-corrected chi connectivity index (χ3v) is 10.5. The molecule has 0 spiro atoms. The van der Waals surface area contributed by atoms with Crippen LogP contribution in [-0.4, -0.2) is 15.0 Å². The van der Waals surface area contributed by atoms with Crippen molar-refractivity contribution < 1.29 is 4.42 Å². The van der Waals surface area contributed by atoms with Gasteiger partial charge in [-0.15, -0.1) is 0 Å². The monoisotopic (exact) mass is 667 g/mol. The second-order valence-corrected chi connectivity index (χ2v) is 14.0. The highest BCUT2D eigenvalue weighted by atomic mass is 16.3. The fraction of sp³-hybridized carbons (Fsp3) is 0.0625. The number of furan rings is 1. The molecule has 9 aromatic rings. The van der Waals surface area contributed by atoms with Gasteiger partial charge in [0.05, 0.1) is 0 Å². The van der Waals surface area contributed by atoms with Crippen molar-refractivity contribution in [2.45, 2.75) is 19.3 Å². The molecule has 1 aliphatic carbocycles. The van der Waals surface area contributed by atoms with E-state index in [0.717, 1.165) is 55.3 Å². The van der Waals surface area contributed by atoms with Crippen molar-refractivity contribution in [2.24, 2.45) is 0 Å². The summed E-state index contributed by atoms with van der Waals surface area (Å²) in [5.41, 5.74) is 14.4. The van der Waals surface area contributed by atoms with Gasteiger partial charge < -0.3 is 4.42 Å². The summed E-state index contributed by atoms with van der Waals surface area (Å²) < 4.78 is 6.53. The predicted octanol–water partition coefficient (Wildman–Crippen LogP) is 12.4. The number of hydrogen-bond donors (Lipinski definition) is 0. The Hall–Kier alpha value is -6.65. The fourth-order valence-corrected chi connectivity index (χ4v) is 7.99. The molecule has 0 fully saturated rings. The van der Waals surface area contributed by atoms with Crippen LogP contribution in [0.15, 0.2) is 168 Å². The molecule has 4 heteroatoms. The standard InChI is InChI=1S/C48H33N3O/c1-48(2)41-22-10-9-19-37(41)39-21-12-20-36(44(39)48)33-23-25-38-40-28-35(24-26-42(40)52-43(38)29-33)47-50-45(31-15-7-4-8-16-31)49-46(51-47)34-18-11-17-32(27-34)30-13-5-3-6-14-30/h3-29H,1-2H3. The van der Waals surface area contributed by atoms with E-state index in [1.807, 2.05) is 48.5 Å². The molecule has 0 aliphatic heterocycles. The van der Waals surface area contributed by atoms with E-state index in [4.69, 9.17) is 19.4 Å². The van der Waals surface area contributed by atoms with Crippen LogP contribution in [0.1, 0.15) is 25.0 Å². The molecule has 7 aromatic carbocycles. The van der Waals surface area contributed by atoms with Gasteiger partial charge in [0, 0.05) is 32.9 Å².